The van der Waals surface area contributed by atoms with E-state index in [1.807, 2.05) is 66.1 Å². The van der Waals surface area contributed by atoms with Crippen LogP contribution in [0.2, 0.25) is 10.0 Å². The first-order valence-corrected chi connectivity index (χ1v) is 16.4. The van der Waals surface area contributed by atoms with Gasteiger partial charge in [0.2, 0.25) is 0 Å². The zero-order chi connectivity index (χ0) is 34.4. The number of aliphatic hydroxyl groups is 1. The van der Waals surface area contributed by atoms with Gasteiger partial charge in [-0.3, -0.25) is 9.79 Å². The predicted molar refractivity (Wildman–Crippen MR) is 193 cm³/mol. The summed E-state index contributed by atoms with van der Waals surface area (Å²) in [4.78, 5) is 30.0. The maximum Gasteiger partial charge on any atom is 0.166 e. The number of aromatic amines is 1. The minimum Gasteiger partial charge on any atom is -0.494 e. The quantitative estimate of drug-likeness (QED) is 0.0951. The lowest BCUT2D eigenvalue weighted by molar-refractivity contribution is -0.111. The van der Waals surface area contributed by atoms with E-state index in [9.17, 15) is 9.59 Å². The molecule has 1 saturated carbocycles. The molecule has 0 radical (unpaired) electrons. The number of aromatic nitrogens is 1. The van der Waals surface area contributed by atoms with Crippen LogP contribution in [0.3, 0.4) is 0 Å². The third kappa shape index (κ3) is 9.91. The first kappa shape index (κ1) is 39.0. The second kappa shape index (κ2) is 19.5. The Morgan fingerprint density at radius 3 is 2.22 bits per heavy atom. The van der Waals surface area contributed by atoms with Crippen LogP contribution < -0.4 is 15.4 Å². The van der Waals surface area contributed by atoms with Gasteiger partial charge in [0.05, 0.1) is 22.8 Å². The minimum atomic E-state index is 0.351. The van der Waals surface area contributed by atoms with Crippen molar-refractivity contribution in [1.82, 2.24) is 15.6 Å². The molecule has 1 aliphatic carbocycles. The van der Waals surface area contributed by atoms with Gasteiger partial charge in [-0.15, -0.1) is 0 Å². The molecule has 4 N–H and O–H groups in total. The van der Waals surface area contributed by atoms with Crippen LogP contribution in [0, 0.1) is 19.8 Å². The fourth-order valence-electron chi connectivity index (χ4n) is 5.78. The van der Waals surface area contributed by atoms with E-state index in [1.54, 1.807) is 7.05 Å². The van der Waals surface area contributed by atoms with E-state index >= 15 is 0 Å². The Kier molecular flexibility index (Phi) is 16.5. The number of carbonyl (C=O) groups is 2. The average Bonchev–Trinajstić information content (AvgIpc) is 3.44. The van der Waals surface area contributed by atoms with Crippen molar-refractivity contribution >= 4 is 58.0 Å². The van der Waals surface area contributed by atoms with Gasteiger partial charge in [-0.25, -0.2) is 0 Å². The van der Waals surface area contributed by atoms with Crippen LogP contribution in [0.1, 0.15) is 78.7 Å². The number of aliphatic hydroxyl groups excluding tert-OH is 1. The number of fused-ring (bicyclic) bond motifs is 1. The lowest BCUT2D eigenvalue weighted by atomic mass is 9.87. The number of nitrogens with zero attached hydrogens (tertiary/aromatic N) is 1. The smallest absolute Gasteiger partial charge is 0.166 e. The Hall–Kier alpha value is -3.17. The highest BCUT2D eigenvalue weighted by Crippen LogP contribution is 2.36. The van der Waals surface area contributed by atoms with Crippen LogP contribution in [-0.4, -0.2) is 69.3 Å². The Balaban J connectivity index is 0.000000517. The van der Waals surface area contributed by atoms with Crippen molar-refractivity contribution in [2.45, 2.75) is 72.3 Å². The maximum atomic E-state index is 11.9. The number of hydrogen-bond donors (Lipinski definition) is 4. The molecule has 0 atom stereocenters. The highest BCUT2D eigenvalue weighted by Gasteiger charge is 2.21. The predicted octanol–water partition coefficient (Wildman–Crippen LogP) is 7.53. The Labute approximate surface area is 284 Å². The lowest BCUT2D eigenvalue weighted by Crippen LogP contribution is -2.30. The first-order chi connectivity index (χ1) is 22.1. The SMILES string of the molecule is CN=C(C)/C(=C(/C)NC)c1c(Cl)ccc2c(CCCOc3cc(C)c(Cl)c(C)c3)c(C=O)[nH]c12.CNC1CCC(C=O)CC1.CO. The topological polar surface area (TPSA) is 116 Å². The number of carbonyl (C=O) groups excluding carboxylic acids is 2. The van der Waals surface area contributed by atoms with Crippen molar-refractivity contribution in [3.05, 3.63) is 68.0 Å². The van der Waals surface area contributed by atoms with Gasteiger partial charge in [0.25, 0.3) is 0 Å². The summed E-state index contributed by atoms with van der Waals surface area (Å²) >= 11 is 12.9. The molecule has 1 aromatic heterocycles. The van der Waals surface area contributed by atoms with E-state index in [2.05, 4.69) is 20.6 Å². The van der Waals surface area contributed by atoms with Crippen molar-refractivity contribution in [1.29, 1.82) is 0 Å². The Morgan fingerprint density at radius 2 is 1.70 bits per heavy atom. The van der Waals surface area contributed by atoms with Crippen molar-refractivity contribution < 1.29 is 19.4 Å². The largest absolute Gasteiger partial charge is 0.494 e. The molecular formula is C36H50Cl2N4O4. The fourth-order valence-corrected chi connectivity index (χ4v) is 6.14. The average molecular weight is 674 g/mol. The van der Waals surface area contributed by atoms with Crippen molar-refractivity contribution in [3.8, 4) is 5.75 Å². The molecule has 1 heterocycles. The molecule has 2 aromatic carbocycles. The number of rotatable bonds is 11. The molecule has 0 spiro atoms. The molecule has 46 heavy (non-hydrogen) atoms. The number of hydrogen-bond acceptors (Lipinski definition) is 7. The van der Waals surface area contributed by atoms with Crippen LogP contribution in [0.15, 0.2) is 35.0 Å². The second-order valence-electron chi connectivity index (χ2n) is 11.4. The summed E-state index contributed by atoms with van der Waals surface area (Å²) in [6.45, 7) is 8.40. The monoisotopic (exact) mass is 672 g/mol. The number of H-pyrrole nitrogens is 1. The van der Waals surface area contributed by atoms with Crippen LogP contribution in [0.4, 0.5) is 0 Å². The minimum absolute atomic E-state index is 0.351. The number of nitrogens with one attached hydrogen (secondary N) is 3. The van der Waals surface area contributed by atoms with E-state index in [0.29, 0.717) is 35.7 Å². The molecule has 1 aliphatic rings. The third-order valence-corrected chi connectivity index (χ3v) is 9.41. The number of ether oxygens (including phenoxy) is 1. The number of allylic oxidation sites excluding steroid dienone is 2. The number of aliphatic imine (C=N–C) groups is 1. The van der Waals surface area contributed by atoms with Crippen molar-refractivity contribution in [3.63, 3.8) is 0 Å². The number of aldehydes is 2. The molecule has 4 rings (SSSR count). The molecular weight excluding hydrogens is 623 g/mol. The zero-order valence-electron chi connectivity index (χ0n) is 28.4. The van der Waals surface area contributed by atoms with Gasteiger partial charge >= 0.3 is 0 Å². The molecule has 252 valence electrons. The van der Waals surface area contributed by atoms with Gasteiger partial charge in [0.1, 0.15) is 12.0 Å². The standard InChI is InChI=1S/C27H31Cl2N3O2.C8H15NO.CH4O/c1-15-12-19(13-16(2)26(15)29)34-11-7-8-20-21-9-10-22(28)25(27(21)32-23(20)14-33)24(17(3)30-5)18(4)31-6;1-9-8-4-2-7(6-10)3-5-8;1-2/h9-10,12-14,30,32H,7-8,11H2,1-6H3;6-9H,2-5H2,1H3;2H,1H3/b24-17+,31-18?;;. The van der Waals surface area contributed by atoms with Gasteiger partial charge in [0, 0.05) is 66.1 Å². The van der Waals surface area contributed by atoms with Gasteiger partial charge in [-0.2, -0.15) is 0 Å². The molecule has 0 unspecified atom stereocenters. The number of halogens is 2. The summed E-state index contributed by atoms with van der Waals surface area (Å²) < 4.78 is 5.97. The number of benzene rings is 2. The molecule has 0 saturated heterocycles. The summed E-state index contributed by atoms with van der Waals surface area (Å²) in [5, 5.41) is 15.8. The van der Waals surface area contributed by atoms with E-state index < -0.39 is 0 Å². The van der Waals surface area contributed by atoms with Gasteiger partial charge in [0.15, 0.2) is 6.29 Å². The summed E-state index contributed by atoms with van der Waals surface area (Å²) in [7, 11) is 6.62. The van der Waals surface area contributed by atoms with Crippen molar-refractivity contribution in [2.24, 2.45) is 10.9 Å². The van der Waals surface area contributed by atoms with Gasteiger partial charge in [-0.1, -0.05) is 29.3 Å². The molecule has 1 fully saturated rings. The lowest BCUT2D eigenvalue weighted by Gasteiger charge is -2.24. The van der Waals surface area contributed by atoms with E-state index in [4.69, 9.17) is 33.0 Å². The Bertz CT molecular complexity index is 1500. The van der Waals surface area contributed by atoms with Crippen LogP contribution in [0.5, 0.6) is 5.75 Å². The highest BCUT2D eigenvalue weighted by molar-refractivity contribution is 6.37. The summed E-state index contributed by atoms with van der Waals surface area (Å²) in [6, 6.07) is 8.41. The molecule has 0 aliphatic heterocycles. The van der Waals surface area contributed by atoms with Crippen molar-refractivity contribution in [2.75, 3.05) is 34.9 Å². The van der Waals surface area contributed by atoms with E-state index in [1.165, 1.54) is 12.8 Å². The second-order valence-corrected chi connectivity index (χ2v) is 12.2. The molecule has 8 nitrogen and oxygen atoms in total. The number of aryl methyl sites for hydroxylation is 3. The molecule has 3 aromatic rings. The molecule has 10 heteroatoms. The normalized spacial score (nSPS) is 16.8. The van der Waals surface area contributed by atoms with Crippen LogP contribution in [0.25, 0.3) is 16.5 Å². The zero-order valence-corrected chi connectivity index (χ0v) is 30.0. The fraction of sp³-hybridized carbons (Fsp3) is 0.472. The summed E-state index contributed by atoms with van der Waals surface area (Å²) in [6.07, 6.45) is 7.90. The summed E-state index contributed by atoms with van der Waals surface area (Å²) in [5.41, 5.74) is 7.90. The Morgan fingerprint density at radius 1 is 1.07 bits per heavy atom. The molecule has 0 bridgehead atoms. The maximum absolute atomic E-state index is 11.9. The van der Waals surface area contributed by atoms with E-state index in [-0.39, 0.29) is 0 Å². The van der Waals surface area contributed by atoms with Crippen LogP contribution in [-0.2, 0) is 11.2 Å². The summed E-state index contributed by atoms with van der Waals surface area (Å²) in [5.74, 6) is 1.15. The van der Waals surface area contributed by atoms with Crippen LogP contribution >= 0.6 is 23.2 Å². The van der Waals surface area contributed by atoms with Gasteiger partial charge < -0.3 is 30.3 Å². The first-order valence-electron chi connectivity index (χ1n) is 15.7. The molecule has 0 amide bonds. The third-order valence-electron chi connectivity index (χ3n) is 8.50. The van der Waals surface area contributed by atoms with Gasteiger partial charge in [-0.05, 0) is 108 Å². The highest BCUT2D eigenvalue weighted by atomic mass is 35.5. The van der Waals surface area contributed by atoms with E-state index in [0.717, 1.165) is 99.9 Å².